The summed E-state index contributed by atoms with van der Waals surface area (Å²) in [5, 5.41) is 3.08. The van der Waals surface area contributed by atoms with Crippen molar-refractivity contribution in [1.82, 2.24) is 15.3 Å². The highest BCUT2D eigenvalue weighted by Gasteiger charge is 2.01. The Labute approximate surface area is 147 Å². The molecule has 0 bridgehead atoms. The molecular formula is C19H30ClN3. The van der Waals surface area contributed by atoms with Gasteiger partial charge < -0.3 is 5.32 Å². The molecule has 0 aliphatic heterocycles. The average molecular weight is 336 g/mol. The van der Waals surface area contributed by atoms with E-state index in [0.29, 0.717) is 0 Å². The summed E-state index contributed by atoms with van der Waals surface area (Å²) >= 11 is 0. The molecule has 3 nitrogen and oxygen atoms in total. The summed E-state index contributed by atoms with van der Waals surface area (Å²) < 4.78 is 0. The molecule has 2 aromatic rings. The van der Waals surface area contributed by atoms with E-state index in [-0.39, 0.29) is 12.4 Å². The van der Waals surface area contributed by atoms with E-state index in [2.05, 4.69) is 34.4 Å². The van der Waals surface area contributed by atoms with Crippen molar-refractivity contribution in [3.8, 4) is 11.4 Å². The molecule has 128 valence electrons. The van der Waals surface area contributed by atoms with Gasteiger partial charge in [-0.2, -0.15) is 0 Å². The fourth-order valence-electron chi connectivity index (χ4n) is 1.68. The van der Waals surface area contributed by atoms with Crippen LogP contribution in [0.1, 0.15) is 38.8 Å². The van der Waals surface area contributed by atoms with Gasteiger partial charge in [0.1, 0.15) is 0 Å². The average Bonchev–Trinajstić information content (AvgIpc) is 2.59. The van der Waals surface area contributed by atoms with Crippen LogP contribution in [0.25, 0.3) is 17.5 Å². The number of likely N-dealkylation sites (N-methyl/N-ethyl adjacent to an activating group) is 1. The third-order valence-electron chi connectivity index (χ3n) is 2.59. The molecule has 1 N–H and O–H groups in total. The van der Waals surface area contributed by atoms with Crippen molar-refractivity contribution in [1.29, 1.82) is 0 Å². The van der Waals surface area contributed by atoms with E-state index < -0.39 is 0 Å². The zero-order chi connectivity index (χ0) is 16.8. The predicted octanol–water partition coefficient (Wildman–Crippen LogP) is 5.16. The van der Waals surface area contributed by atoms with Gasteiger partial charge in [-0.3, -0.25) is 9.97 Å². The van der Waals surface area contributed by atoms with Crippen LogP contribution >= 0.6 is 12.4 Å². The van der Waals surface area contributed by atoms with Crippen LogP contribution in [-0.4, -0.2) is 23.6 Å². The standard InChI is InChI=1S/C15H17N3.2C2H6.ClH/c1-12-5-8-17-14(10-12)15-11-13(6-9-18-15)4-3-7-16-2;2*1-2;/h3-6,8-11,16H,7H2,1-2H3;2*1-2H3;1H/b4-3+;;;. The molecule has 0 spiro atoms. The maximum Gasteiger partial charge on any atom is 0.0892 e. The second-order valence-electron chi connectivity index (χ2n) is 4.15. The first kappa shape index (κ1) is 23.6. The van der Waals surface area contributed by atoms with Crippen LogP contribution < -0.4 is 5.32 Å². The Morgan fingerprint density at radius 3 is 2.09 bits per heavy atom. The Hall–Kier alpha value is -1.71. The summed E-state index contributed by atoms with van der Waals surface area (Å²) in [6, 6.07) is 8.07. The molecule has 0 radical (unpaired) electrons. The van der Waals surface area contributed by atoms with Gasteiger partial charge in [-0.05, 0) is 49.4 Å². The van der Waals surface area contributed by atoms with Crippen molar-refractivity contribution < 1.29 is 0 Å². The fraction of sp³-hybridized carbons (Fsp3) is 0.368. The first-order valence-electron chi connectivity index (χ1n) is 8.00. The van der Waals surface area contributed by atoms with Crippen LogP contribution in [0.5, 0.6) is 0 Å². The number of pyridine rings is 2. The minimum absolute atomic E-state index is 0. The lowest BCUT2D eigenvalue weighted by atomic mass is 10.1. The highest BCUT2D eigenvalue weighted by atomic mass is 35.5. The van der Waals surface area contributed by atoms with E-state index in [1.165, 1.54) is 5.56 Å². The van der Waals surface area contributed by atoms with E-state index in [0.717, 1.165) is 23.5 Å². The molecule has 0 aliphatic carbocycles. The zero-order valence-corrected chi connectivity index (χ0v) is 15.9. The normalized spacial score (nSPS) is 9.13. The SMILES string of the molecule is CC.CC.CNC/C=C/c1ccnc(-c2cc(C)ccn2)c1.Cl. The summed E-state index contributed by atoms with van der Waals surface area (Å²) in [6.45, 7) is 10.9. The van der Waals surface area contributed by atoms with Crippen LogP contribution in [0.4, 0.5) is 0 Å². The van der Waals surface area contributed by atoms with Gasteiger partial charge in [0.25, 0.3) is 0 Å². The lowest BCUT2D eigenvalue weighted by Crippen LogP contribution is -2.03. The lowest BCUT2D eigenvalue weighted by Gasteiger charge is -2.02. The number of hydrogen-bond donors (Lipinski definition) is 1. The molecule has 2 rings (SSSR count). The smallest absolute Gasteiger partial charge is 0.0892 e. The molecule has 4 heteroatoms. The minimum atomic E-state index is 0. The number of nitrogens with zero attached hydrogens (tertiary/aromatic N) is 2. The number of nitrogens with one attached hydrogen (secondary N) is 1. The Morgan fingerprint density at radius 1 is 0.957 bits per heavy atom. The van der Waals surface area contributed by atoms with E-state index in [1.807, 2.05) is 71.4 Å². The summed E-state index contributed by atoms with van der Waals surface area (Å²) in [6.07, 6.45) is 7.80. The molecular weight excluding hydrogens is 306 g/mol. The van der Waals surface area contributed by atoms with Crippen LogP contribution in [0.15, 0.2) is 42.7 Å². The van der Waals surface area contributed by atoms with Crippen molar-refractivity contribution in [2.75, 3.05) is 13.6 Å². The maximum atomic E-state index is 4.37. The van der Waals surface area contributed by atoms with Crippen LogP contribution in [0, 0.1) is 6.92 Å². The van der Waals surface area contributed by atoms with Gasteiger partial charge in [-0.1, -0.05) is 39.8 Å². The van der Waals surface area contributed by atoms with Gasteiger partial charge in [-0.15, -0.1) is 12.4 Å². The molecule has 0 fully saturated rings. The Bertz CT molecular complexity index is 554. The molecule has 0 saturated heterocycles. The molecule has 2 heterocycles. The molecule has 0 atom stereocenters. The molecule has 0 saturated carbocycles. The van der Waals surface area contributed by atoms with Gasteiger partial charge in [-0.25, -0.2) is 0 Å². The van der Waals surface area contributed by atoms with Gasteiger partial charge >= 0.3 is 0 Å². The molecule has 23 heavy (non-hydrogen) atoms. The predicted molar refractivity (Wildman–Crippen MR) is 105 cm³/mol. The van der Waals surface area contributed by atoms with Crippen molar-refractivity contribution in [3.05, 3.63) is 53.9 Å². The first-order chi connectivity index (χ1) is 10.8. The number of aryl methyl sites for hydroxylation is 1. The Balaban J connectivity index is 0. The molecule has 0 amide bonds. The summed E-state index contributed by atoms with van der Waals surface area (Å²) in [5.41, 5.74) is 4.15. The monoisotopic (exact) mass is 335 g/mol. The lowest BCUT2D eigenvalue weighted by molar-refractivity contribution is 0.922. The maximum absolute atomic E-state index is 4.37. The largest absolute Gasteiger partial charge is 0.316 e. The number of rotatable bonds is 4. The van der Waals surface area contributed by atoms with E-state index in [1.54, 1.807) is 0 Å². The number of hydrogen-bond acceptors (Lipinski definition) is 3. The van der Waals surface area contributed by atoms with Crippen molar-refractivity contribution in [2.24, 2.45) is 0 Å². The Morgan fingerprint density at radius 2 is 1.52 bits per heavy atom. The van der Waals surface area contributed by atoms with Gasteiger partial charge in [0, 0.05) is 18.9 Å². The van der Waals surface area contributed by atoms with E-state index in [9.17, 15) is 0 Å². The Kier molecular flexibility index (Phi) is 15.6. The van der Waals surface area contributed by atoms with Crippen molar-refractivity contribution >= 4 is 18.5 Å². The van der Waals surface area contributed by atoms with E-state index >= 15 is 0 Å². The molecule has 2 aromatic heterocycles. The zero-order valence-electron chi connectivity index (χ0n) is 15.1. The molecule has 0 aromatic carbocycles. The highest BCUT2D eigenvalue weighted by Crippen LogP contribution is 2.16. The van der Waals surface area contributed by atoms with Crippen LogP contribution in [0.2, 0.25) is 0 Å². The van der Waals surface area contributed by atoms with E-state index in [4.69, 9.17) is 0 Å². The number of aromatic nitrogens is 2. The third-order valence-corrected chi connectivity index (χ3v) is 2.59. The van der Waals surface area contributed by atoms with Gasteiger partial charge in [0.15, 0.2) is 0 Å². The summed E-state index contributed by atoms with van der Waals surface area (Å²) in [4.78, 5) is 8.72. The van der Waals surface area contributed by atoms with Crippen LogP contribution in [-0.2, 0) is 0 Å². The van der Waals surface area contributed by atoms with Crippen LogP contribution in [0.3, 0.4) is 0 Å². The second kappa shape index (κ2) is 15.2. The quantitative estimate of drug-likeness (QED) is 0.838. The van der Waals surface area contributed by atoms with Gasteiger partial charge in [0.05, 0.1) is 11.4 Å². The topological polar surface area (TPSA) is 37.8 Å². The second-order valence-corrected chi connectivity index (χ2v) is 4.15. The molecule has 0 aliphatic rings. The third kappa shape index (κ3) is 9.11. The van der Waals surface area contributed by atoms with Crippen molar-refractivity contribution in [3.63, 3.8) is 0 Å². The first-order valence-corrected chi connectivity index (χ1v) is 8.00. The summed E-state index contributed by atoms with van der Waals surface area (Å²) in [5.74, 6) is 0. The molecule has 0 unspecified atom stereocenters. The van der Waals surface area contributed by atoms with Crippen molar-refractivity contribution in [2.45, 2.75) is 34.6 Å². The highest BCUT2D eigenvalue weighted by molar-refractivity contribution is 5.85. The summed E-state index contributed by atoms with van der Waals surface area (Å²) in [7, 11) is 1.93. The van der Waals surface area contributed by atoms with Gasteiger partial charge in [0.2, 0.25) is 0 Å². The fourth-order valence-corrected chi connectivity index (χ4v) is 1.68. The number of halogens is 1. The minimum Gasteiger partial charge on any atom is -0.316 e.